The number of aromatic nitrogens is 3. The summed E-state index contributed by atoms with van der Waals surface area (Å²) in [6.45, 7) is 2.57. The van der Waals surface area contributed by atoms with Crippen molar-refractivity contribution in [3.8, 4) is 17.7 Å². The molecule has 1 aromatic carbocycles. The molecule has 1 amide bonds. The number of hydrogen-bond acceptors (Lipinski definition) is 8. The van der Waals surface area contributed by atoms with E-state index in [4.69, 9.17) is 14.8 Å². The molecule has 3 aromatic rings. The van der Waals surface area contributed by atoms with Crippen molar-refractivity contribution in [3.63, 3.8) is 0 Å². The lowest BCUT2D eigenvalue weighted by atomic mass is 10.1. The Kier molecular flexibility index (Phi) is 6.56. The van der Waals surface area contributed by atoms with Crippen molar-refractivity contribution in [2.45, 2.75) is 24.9 Å². The Balaban J connectivity index is 2.08. The number of carbonyl (C=O) groups excluding carboxylic acids is 1. The van der Waals surface area contributed by atoms with E-state index in [1.807, 2.05) is 6.07 Å². The third-order valence-electron chi connectivity index (χ3n) is 4.58. The van der Waals surface area contributed by atoms with E-state index in [1.165, 1.54) is 49.6 Å². The number of carbonyl (C=O) groups is 1. The first kappa shape index (κ1) is 24.6. The van der Waals surface area contributed by atoms with E-state index < -0.39 is 44.5 Å². The minimum Gasteiger partial charge on any atom is -0.435 e. The number of ether oxygens (including phenoxy) is 1. The van der Waals surface area contributed by atoms with Crippen molar-refractivity contribution in [1.29, 1.82) is 10.0 Å². The molecule has 0 bridgehead atoms. The number of nitriles is 1. The molecule has 1 unspecified atom stereocenters. The summed E-state index contributed by atoms with van der Waals surface area (Å²) in [7, 11) is -3.10. The number of halogens is 3. The van der Waals surface area contributed by atoms with Crippen molar-refractivity contribution >= 4 is 21.3 Å². The highest BCUT2D eigenvalue weighted by atomic mass is 32.2. The highest BCUT2D eigenvalue weighted by molar-refractivity contribution is 7.91. The molecule has 2 heterocycles. The highest BCUT2D eigenvalue weighted by Crippen LogP contribution is 2.35. The van der Waals surface area contributed by atoms with E-state index in [0.717, 1.165) is 6.92 Å². The Morgan fingerprint density at radius 1 is 1.21 bits per heavy atom. The average molecular weight is 490 g/mol. The zero-order valence-electron chi connectivity index (χ0n) is 18.0. The van der Waals surface area contributed by atoms with Crippen molar-refractivity contribution in [2.75, 3.05) is 11.6 Å². The van der Waals surface area contributed by atoms with Crippen LogP contribution in [-0.4, -0.2) is 31.6 Å². The average Bonchev–Trinajstić information content (AvgIpc) is 2.73. The summed E-state index contributed by atoms with van der Waals surface area (Å²) in [6.07, 6.45) is -3.68. The first-order valence-corrected chi connectivity index (χ1v) is 11.4. The number of pyridine rings is 1. The molecular formula is C21H17F3N6O3S. The van der Waals surface area contributed by atoms with Crippen LogP contribution in [0.25, 0.3) is 0 Å². The maximum Gasteiger partial charge on any atom is 0.435 e. The standard InChI is InChI=1S/C21H17F3N6O3S/c1-11-17(19(31)28-13-5-4-6-15(9-13)34(3,26)32)20(30-29-18(11)21(22,23)24)33-16-8-7-14(10-25)27-12(16)2/h4-9,26H,1-3H3,(H,28,31). The summed E-state index contributed by atoms with van der Waals surface area (Å²) in [5, 5.41) is 18.0. The molecule has 0 fully saturated rings. The summed E-state index contributed by atoms with van der Waals surface area (Å²) in [6, 6.07) is 10.1. The molecular weight excluding hydrogens is 473 g/mol. The summed E-state index contributed by atoms with van der Waals surface area (Å²) in [5.41, 5.74) is -1.97. The zero-order chi connectivity index (χ0) is 25.3. The molecule has 176 valence electrons. The van der Waals surface area contributed by atoms with Gasteiger partial charge in [0.2, 0.25) is 0 Å². The molecule has 3 rings (SSSR count). The summed E-state index contributed by atoms with van der Waals surface area (Å²) in [5.74, 6) is -1.44. The number of benzene rings is 1. The Morgan fingerprint density at radius 3 is 2.50 bits per heavy atom. The van der Waals surface area contributed by atoms with Gasteiger partial charge in [-0.15, -0.1) is 10.2 Å². The molecule has 9 nitrogen and oxygen atoms in total. The molecule has 1 atom stereocenters. The summed E-state index contributed by atoms with van der Waals surface area (Å²) < 4.78 is 65.6. The van der Waals surface area contributed by atoms with Crippen LogP contribution >= 0.6 is 0 Å². The largest absolute Gasteiger partial charge is 0.435 e. The van der Waals surface area contributed by atoms with Crippen molar-refractivity contribution in [2.24, 2.45) is 0 Å². The van der Waals surface area contributed by atoms with Crippen molar-refractivity contribution in [3.05, 3.63) is 64.6 Å². The van der Waals surface area contributed by atoms with Crippen LogP contribution in [-0.2, 0) is 15.9 Å². The number of rotatable bonds is 5. The molecule has 0 radical (unpaired) electrons. The van der Waals surface area contributed by atoms with E-state index in [2.05, 4.69) is 20.5 Å². The SMILES string of the molecule is Cc1nc(C#N)ccc1Oc1nnc(C(F)(F)F)c(C)c1C(=O)Nc1cccc(S(C)(=N)=O)c1. The second-order valence-electron chi connectivity index (χ2n) is 7.17. The van der Waals surface area contributed by atoms with Crippen LogP contribution in [0.2, 0.25) is 0 Å². The zero-order valence-corrected chi connectivity index (χ0v) is 18.8. The molecule has 0 spiro atoms. The Labute approximate surface area is 192 Å². The van der Waals surface area contributed by atoms with Gasteiger partial charge < -0.3 is 10.1 Å². The first-order valence-electron chi connectivity index (χ1n) is 9.46. The van der Waals surface area contributed by atoms with Crippen LogP contribution in [0.15, 0.2) is 41.3 Å². The lowest BCUT2D eigenvalue weighted by Gasteiger charge is -2.16. The van der Waals surface area contributed by atoms with Gasteiger partial charge in [0.05, 0.1) is 15.4 Å². The minimum atomic E-state index is -4.88. The predicted octanol–water partition coefficient (Wildman–Crippen LogP) is 4.46. The van der Waals surface area contributed by atoms with Gasteiger partial charge in [0.1, 0.15) is 17.3 Å². The van der Waals surface area contributed by atoms with Gasteiger partial charge in [0.15, 0.2) is 11.4 Å². The van der Waals surface area contributed by atoms with E-state index in [1.54, 1.807) is 0 Å². The fraction of sp³-hybridized carbons (Fsp3) is 0.190. The number of anilines is 1. The molecule has 0 saturated carbocycles. The number of hydrogen-bond donors (Lipinski definition) is 2. The lowest BCUT2D eigenvalue weighted by Crippen LogP contribution is -2.21. The number of amides is 1. The molecule has 2 N–H and O–H groups in total. The fourth-order valence-corrected chi connectivity index (χ4v) is 3.63. The smallest absolute Gasteiger partial charge is 0.435 e. The number of alkyl halides is 3. The quantitative estimate of drug-likeness (QED) is 0.538. The van der Waals surface area contributed by atoms with Crippen molar-refractivity contribution in [1.82, 2.24) is 15.2 Å². The van der Waals surface area contributed by atoms with E-state index in [-0.39, 0.29) is 27.7 Å². The van der Waals surface area contributed by atoms with Gasteiger partial charge in [-0.3, -0.25) is 4.79 Å². The van der Waals surface area contributed by atoms with Crippen LogP contribution in [0.5, 0.6) is 11.6 Å². The second-order valence-corrected chi connectivity index (χ2v) is 9.33. The Morgan fingerprint density at radius 2 is 1.91 bits per heavy atom. The van der Waals surface area contributed by atoms with E-state index >= 15 is 0 Å². The van der Waals surface area contributed by atoms with E-state index in [0.29, 0.717) is 0 Å². The molecule has 2 aromatic heterocycles. The Bertz CT molecular complexity index is 1430. The third-order valence-corrected chi connectivity index (χ3v) is 5.73. The number of nitrogens with zero attached hydrogens (tertiary/aromatic N) is 4. The van der Waals surface area contributed by atoms with Crippen LogP contribution < -0.4 is 10.1 Å². The molecule has 34 heavy (non-hydrogen) atoms. The second kappa shape index (κ2) is 9.06. The van der Waals surface area contributed by atoms with Crippen LogP contribution in [0.1, 0.15) is 33.0 Å². The minimum absolute atomic E-state index is 0.0587. The van der Waals surface area contributed by atoms with Gasteiger partial charge in [0, 0.05) is 16.8 Å². The highest BCUT2D eigenvalue weighted by Gasteiger charge is 2.38. The molecule has 0 aliphatic carbocycles. The molecule has 0 aliphatic rings. The van der Waals surface area contributed by atoms with Gasteiger partial charge in [-0.05, 0) is 49.7 Å². The normalized spacial score (nSPS) is 13.0. The summed E-state index contributed by atoms with van der Waals surface area (Å²) in [4.78, 5) is 17.2. The van der Waals surface area contributed by atoms with E-state index in [9.17, 15) is 22.2 Å². The van der Waals surface area contributed by atoms with Crippen LogP contribution in [0, 0.1) is 30.0 Å². The van der Waals surface area contributed by atoms with Gasteiger partial charge in [-0.2, -0.15) is 18.4 Å². The fourth-order valence-electron chi connectivity index (χ4n) is 2.94. The van der Waals surface area contributed by atoms with Crippen molar-refractivity contribution < 1.29 is 26.9 Å². The van der Waals surface area contributed by atoms with Crippen LogP contribution in [0.4, 0.5) is 18.9 Å². The third kappa shape index (κ3) is 5.29. The van der Waals surface area contributed by atoms with Gasteiger partial charge in [-0.25, -0.2) is 14.0 Å². The predicted molar refractivity (Wildman–Crippen MR) is 115 cm³/mol. The van der Waals surface area contributed by atoms with Gasteiger partial charge in [0.25, 0.3) is 11.8 Å². The molecule has 0 saturated heterocycles. The molecule has 0 aliphatic heterocycles. The number of aryl methyl sites for hydroxylation is 1. The number of nitrogens with one attached hydrogen (secondary N) is 2. The lowest BCUT2D eigenvalue weighted by molar-refractivity contribution is -0.142. The maximum atomic E-state index is 13.4. The van der Waals surface area contributed by atoms with Gasteiger partial charge in [-0.1, -0.05) is 6.07 Å². The van der Waals surface area contributed by atoms with Crippen LogP contribution in [0.3, 0.4) is 0 Å². The first-order chi connectivity index (χ1) is 15.8. The maximum absolute atomic E-state index is 13.4. The van der Waals surface area contributed by atoms with Gasteiger partial charge >= 0.3 is 6.18 Å². The Hall–Kier alpha value is -4.05. The molecule has 13 heteroatoms. The summed E-state index contributed by atoms with van der Waals surface area (Å²) >= 11 is 0. The topological polar surface area (TPSA) is 142 Å². The monoisotopic (exact) mass is 490 g/mol.